The Morgan fingerprint density at radius 2 is 2.00 bits per heavy atom. The van der Waals surface area contributed by atoms with Crippen LogP contribution in [0.15, 0.2) is 54.0 Å². The van der Waals surface area contributed by atoms with Crippen molar-refractivity contribution in [2.45, 2.75) is 26.4 Å². The van der Waals surface area contributed by atoms with Crippen LogP contribution < -0.4 is 20.1 Å². The zero-order chi connectivity index (χ0) is 22.4. The van der Waals surface area contributed by atoms with Gasteiger partial charge in [-0.05, 0) is 49.6 Å². The van der Waals surface area contributed by atoms with Gasteiger partial charge in [-0.1, -0.05) is 6.07 Å². The number of nitrogens with one attached hydrogen (secondary N) is 1. The van der Waals surface area contributed by atoms with E-state index in [1.165, 1.54) is 29.9 Å². The molecule has 0 radical (unpaired) electrons. The summed E-state index contributed by atoms with van der Waals surface area (Å²) in [5, 5.41) is 4.94. The third kappa shape index (κ3) is 6.92. The second-order valence-corrected chi connectivity index (χ2v) is 10.6. The molecule has 0 aliphatic heterocycles. The average Bonchev–Trinajstić information content (AvgIpc) is 3.20. The molecule has 1 atom stereocenters. The Morgan fingerprint density at radius 1 is 1.23 bits per heavy atom. The maximum Gasteiger partial charge on any atom is 0.257 e. The van der Waals surface area contributed by atoms with Gasteiger partial charge in [-0.25, -0.2) is 4.98 Å². The number of hydrogen-bond acceptors (Lipinski definition) is 6. The predicted octanol–water partition coefficient (Wildman–Crippen LogP) is 4.33. The van der Waals surface area contributed by atoms with Gasteiger partial charge in [-0.3, -0.25) is 9.36 Å². The fourth-order valence-electron chi connectivity index (χ4n) is 2.74. The molecule has 2 N–H and O–H groups in total. The van der Waals surface area contributed by atoms with Gasteiger partial charge in [0.05, 0.1) is 18.0 Å². The van der Waals surface area contributed by atoms with E-state index in [-0.39, 0.29) is 23.1 Å². The van der Waals surface area contributed by atoms with Crippen LogP contribution in [0.2, 0.25) is 0 Å². The summed E-state index contributed by atoms with van der Waals surface area (Å²) in [6.45, 7) is 5.53. The lowest BCUT2D eigenvalue weighted by molar-refractivity contribution is 0.102. The fourth-order valence-corrected chi connectivity index (χ4v) is 4.06. The third-order valence-corrected chi connectivity index (χ3v) is 6.34. The summed E-state index contributed by atoms with van der Waals surface area (Å²) in [6.07, 6.45) is 2.00. The molecule has 1 aromatic carbocycles. The van der Waals surface area contributed by atoms with Crippen LogP contribution in [0.5, 0.6) is 11.5 Å². The number of anilines is 1. The van der Waals surface area contributed by atoms with E-state index in [0.29, 0.717) is 23.7 Å². The van der Waals surface area contributed by atoms with Crippen LogP contribution >= 0.6 is 18.7 Å². The highest BCUT2D eigenvalue weighted by atomic mass is 32.1. The van der Waals surface area contributed by atoms with Crippen molar-refractivity contribution in [1.82, 2.24) is 4.98 Å². The first-order chi connectivity index (χ1) is 14.7. The smallest absolute Gasteiger partial charge is 0.257 e. The molecule has 0 fully saturated rings. The van der Waals surface area contributed by atoms with Crippen LogP contribution in [-0.4, -0.2) is 35.2 Å². The Hall–Kier alpha value is -2.67. The molecule has 1 amide bonds. The molecule has 3 aromatic rings. The Balaban J connectivity index is 1.74. The number of thiophene rings is 1. The molecule has 0 saturated carbocycles. The summed E-state index contributed by atoms with van der Waals surface area (Å²) in [7, 11) is -3.39. The number of hydrogen-bond donors (Lipinski definition) is 2. The molecule has 0 bridgehead atoms. The molecule has 1 unspecified atom stereocenters. The molecule has 3 rings (SSSR count). The molecule has 0 aliphatic carbocycles. The zero-order valence-corrected chi connectivity index (χ0v) is 19.3. The van der Waals surface area contributed by atoms with E-state index in [1.54, 1.807) is 29.5 Å². The van der Waals surface area contributed by atoms with Crippen molar-refractivity contribution in [3.05, 3.63) is 64.5 Å². The van der Waals surface area contributed by atoms with Gasteiger partial charge >= 0.3 is 0 Å². The molecule has 31 heavy (non-hydrogen) atoms. The largest absolute Gasteiger partial charge is 0.493 e. The average molecular weight is 460 g/mol. The van der Waals surface area contributed by atoms with Gasteiger partial charge in [-0.2, -0.15) is 0 Å². The monoisotopic (exact) mass is 460 g/mol. The number of benzene rings is 1. The predicted molar refractivity (Wildman–Crippen MR) is 123 cm³/mol. The van der Waals surface area contributed by atoms with Crippen LogP contribution in [-0.2, 0) is 11.0 Å². The highest BCUT2D eigenvalue weighted by Crippen LogP contribution is 2.33. The Bertz CT molecular complexity index is 1060. The van der Waals surface area contributed by atoms with Crippen LogP contribution in [0.3, 0.4) is 0 Å². The number of carbonyl (C=O) groups is 1. The second-order valence-electron chi connectivity index (χ2n) is 7.27. The Morgan fingerprint density at radius 3 is 2.61 bits per heavy atom. The van der Waals surface area contributed by atoms with Gasteiger partial charge in [0.15, 0.2) is 0 Å². The summed E-state index contributed by atoms with van der Waals surface area (Å²) in [4.78, 5) is 27.7. The quantitative estimate of drug-likeness (QED) is 0.462. The van der Waals surface area contributed by atoms with E-state index in [9.17, 15) is 14.3 Å². The molecular weight excluding hydrogens is 435 g/mol. The van der Waals surface area contributed by atoms with Gasteiger partial charge in [0.25, 0.3) is 5.91 Å². The van der Waals surface area contributed by atoms with Gasteiger partial charge in [0.2, 0.25) is 7.37 Å². The van der Waals surface area contributed by atoms with E-state index < -0.39 is 7.37 Å². The zero-order valence-electron chi connectivity index (χ0n) is 17.6. The highest BCUT2D eigenvalue weighted by Gasteiger charge is 2.16. The number of pyridine rings is 1. The van der Waals surface area contributed by atoms with Crippen LogP contribution in [0.4, 0.5) is 5.82 Å². The van der Waals surface area contributed by atoms with E-state index in [2.05, 4.69) is 16.4 Å². The molecule has 2 heterocycles. The van der Waals surface area contributed by atoms with E-state index >= 15 is 0 Å². The highest BCUT2D eigenvalue weighted by molar-refractivity contribution is 7.65. The van der Waals surface area contributed by atoms with Crippen molar-refractivity contribution in [3.8, 4) is 11.5 Å². The molecular formula is C22H25N2O5PS. The normalized spacial score (nSPS) is 12.9. The second kappa shape index (κ2) is 10.1. The van der Waals surface area contributed by atoms with Crippen LogP contribution in [0.25, 0.3) is 0 Å². The van der Waals surface area contributed by atoms with Crippen LogP contribution in [0.1, 0.15) is 29.1 Å². The van der Waals surface area contributed by atoms with Crippen molar-refractivity contribution in [3.63, 3.8) is 0 Å². The summed E-state index contributed by atoms with van der Waals surface area (Å²) in [5.74, 6) is 0.957. The number of carbonyl (C=O) groups excluding carboxylic acids is 1. The third-order valence-electron chi connectivity index (χ3n) is 4.18. The first kappa shape index (κ1) is 23.0. The minimum Gasteiger partial charge on any atom is -0.493 e. The lowest BCUT2D eigenvalue weighted by Crippen LogP contribution is -2.15. The molecule has 9 heteroatoms. The summed E-state index contributed by atoms with van der Waals surface area (Å²) in [5.41, 5.74) is 0.360. The lowest BCUT2D eigenvalue weighted by atomic mass is 10.2. The van der Waals surface area contributed by atoms with Gasteiger partial charge < -0.3 is 19.7 Å². The van der Waals surface area contributed by atoms with Gasteiger partial charge in [0, 0.05) is 35.8 Å². The topological polar surface area (TPSA) is 97.8 Å². The summed E-state index contributed by atoms with van der Waals surface area (Å²) in [6, 6.07) is 12.1. The van der Waals surface area contributed by atoms with Gasteiger partial charge in [-0.15, -0.1) is 11.3 Å². The van der Waals surface area contributed by atoms with Gasteiger partial charge in [0.1, 0.15) is 17.3 Å². The van der Waals surface area contributed by atoms with Crippen molar-refractivity contribution >= 4 is 35.7 Å². The first-order valence-corrected chi connectivity index (χ1v) is 12.7. The number of aromatic nitrogens is 1. The van der Waals surface area contributed by atoms with Crippen LogP contribution in [0, 0.1) is 0 Å². The minimum atomic E-state index is -3.39. The fraction of sp³-hybridized carbons (Fsp3) is 0.273. The maximum atomic E-state index is 12.8. The molecule has 0 saturated heterocycles. The molecule has 0 spiro atoms. The van der Waals surface area contributed by atoms with E-state index in [0.717, 1.165) is 6.42 Å². The molecule has 0 aliphatic rings. The Labute approximate surface area is 185 Å². The Kier molecular flexibility index (Phi) is 7.49. The first-order valence-electron chi connectivity index (χ1n) is 9.76. The van der Waals surface area contributed by atoms with Crippen molar-refractivity contribution < 1.29 is 23.7 Å². The van der Waals surface area contributed by atoms with Crippen molar-refractivity contribution in [2.24, 2.45) is 0 Å². The van der Waals surface area contributed by atoms with Crippen molar-refractivity contribution in [1.29, 1.82) is 0 Å². The maximum absolute atomic E-state index is 12.8. The number of ether oxygens (including phenoxy) is 2. The summed E-state index contributed by atoms with van der Waals surface area (Å²) >= 11 is 1.67. The van der Waals surface area contributed by atoms with E-state index in [4.69, 9.17) is 9.47 Å². The number of rotatable bonds is 9. The lowest BCUT2D eigenvalue weighted by Gasteiger charge is -2.14. The molecule has 164 valence electrons. The van der Waals surface area contributed by atoms with E-state index in [1.807, 2.05) is 25.3 Å². The molecule has 7 nitrogen and oxygen atoms in total. The number of amides is 1. The molecule has 2 aromatic heterocycles. The SMILES string of the molecule is CC(C)Oc1cc(OCCc2cccs2)cc(C(=O)Nc2ccc(P(C)(=O)O)cn2)c1. The standard InChI is InChI=1S/C22H25N2O5PS/c1-15(2)29-18-12-16(11-17(13-18)28-9-8-20-5-4-10-31-20)22(25)24-21-7-6-19(14-23-21)30(3,26)27/h4-7,10-15H,8-9H2,1-3H3,(H,26,27)(H,23,24,25). The van der Waals surface area contributed by atoms with Crippen molar-refractivity contribution in [2.75, 3.05) is 18.6 Å². The number of nitrogens with zero attached hydrogens (tertiary/aromatic N) is 1. The minimum absolute atomic E-state index is 0.0605. The summed E-state index contributed by atoms with van der Waals surface area (Å²) < 4.78 is 23.3.